The first-order valence-corrected chi connectivity index (χ1v) is 5.33. The van der Waals surface area contributed by atoms with Crippen LogP contribution in [0.1, 0.15) is 31.9 Å². The lowest BCUT2D eigenvalue weighted by Gasteiger charge is -2.22. The van der Waals surface area contributed by atoms with Crippen LogP contribution < -0.4 is 16.0 Å². The standard InChI is InChI=1S/C12H20N2O/c1-4-9(2)12(14-13)10-6-5-7-11(8-10)15-3/h5-9,12,14H,4,13H2,1-3H3. The fraction of sp³-hybridized carbons (Fsp3) is 0.500. The number of nitrogens with one attached hydrogen (secondary N) is 1. The molecule has 2 atom stereocenters. The quantitative estimate of drug-likeness (QED) is 0.576. The zero-order valence-electron chi connectivity index (χ0n) is 9.66. The monoisotopic (exact) mass is 208 g/mol. The van der Waals surface area contributed by atoms with Crippen LogP contribution in [-0.4, -0.2) is 7.11 Å². The van der Waals surface area contributed by atoms with Gasteiger partial charge in [0.1, 0.15) is 5.75 Å². The minimum Gasteiger partial charge on any atom is -0.497 e. The molecule has 0 bridgehead atoms. The molecule has 0 amide bonds. The van der Waals surface area contributed by atoms with Crippen molar-refractivity contribution in [3.05, 3.63) is 29.8 Å². The Labute approximate surface area is 91.6 Å². The Bertz CT molecular complexity index is 301. The lowest BCUT2D eigenvalue weighted by Crippen LogP contribution is -2.32. The summed E-state index contributed by atoms with van der Waals surface area (Å²) in [4.78, 5) is 0. The van der Waals surface area contributed by atoms with Crippen molar-refractivity contribution in [2.45, 2.75) is 26.3 Å². The van der Waals surface area contributed by atoms with Gasteiger partial charge in [0.2, 0.25) is 0 Å². The molecule has 0 aromatic heterocycles. The van der Waals surface area contributed by atoms with E-state index in [9.17, 15) is 0 Å². The van der Waals surface area contributed by atoms with E-state index in [1.807, 2.05) is 18.2 Å². The molecule has 15 heavy (non-hydrogen) atoms. The molecule has 0 spiro atoms. The third-order valence-corrected chi connectivity index (χ3v) is 2.85. The number of benzene rings is 1. The Morgan fingerprint density at radius 3 is 2.73 bits per heavy atom. The molecule has 0 saturated carbocycles. The lowest BCUT2D eigenvalue weighted by atomic mass is 9.93. The number of hydrogen-bond donors (Lipinski definition) is 2. The zero-order valence-corrected chi connectivity index (χ0v) is 9.66. The van der Waals surface area contributed by atoms with Gasteiger partial charge in [-0.1, -0.05) is 32.4 Å². The van der Waals surface area contributed by atoms with Crippen molar-refractivity contribution in [3.63, 3.8) is 0 Å². The van der Waals surface area contributed by atoms with Crippen LogP contribution in [0, 0.1) is 5.92 Å². The summed E-state index contributed by atoms with van der Waals surface area (Å²) in [5.41, 5.74) is 4.04. The van der Waals surface area contributed by atoms with E-state index in [2.05, 4.69) is 25.3 Å². The van der Waals surface area contributed by atoms with E-state index in [0.717, 1.165) is 12.2 Å². The minimum absolute atomic E-state index is 0.185. The van der Waals surface area contributed by atoms with Gasteiger partial charge in [0.25, 0.3) is 0 Å². The SMILES string of the molecule is CCC(C)C(NN)c1cccc(OC)c1. The second kappa shape index (κ2) is 5.73. The number of methoxy groups -OCH3 is 1. The molecule has 0 heterocycles. The fourth-order valence-corrected chi connectivity index (χ4v) is 1.66. The number of hydrazine groups is 1. The van der Waals surface area contributed by atoms with Crippen molar-refractivity contribution >= 4 is 0 Å². The highest BCUT2D eigenvalue weighted by atomic mass is 16.5. The Balaban J connectivity index is 2.91. The molecule has 0 radical (unpaired) electrons. The number of hydrogen-bond acceptors (Lipinski definition) is 3. The van der Waals surface area contributed by atoms with Crippen LogP contribution in [0.4, 0.5) is 0 Å². The van der Waals surface area contributed by atoms with E-state index in [1.54, 1.807) is 7.11 Å². The summed E-state index contributed by atoms with van der Waals surface area (Å²) in [7, 11) is 1.67. The van der Waals surface area contributed by atoms with Crippen LogP contribution >= 0.6 is 0 Å². The van der Waals surface area contributed by atoms with Crippen LogP contribution in [0.3, 0.4) is 0 Å². The molecule has 1 rings (SSSR count). The normalized spacial score (nSPS) is 14.7. The fourth-order valence-electron chi connectivity index (χ4n) is 1.66. The van der Waals surface area contributed by atoms with Gasteiger partial charge in [0.15, 0.2) is 0 Å². The first-order chi connectivity index (χ1) is 7.22. The van der Waals surface area contributed by atoms with E-state index >= 15 is 0 Å². The van der Waals surface area contributed by atoms with Gasteiger partial charge in [-0.2, -0.15) is 0 Å². The largest absolute Gasteiger partial charge is 0.497 e. The van der Waals surface area contributed by atoms with Crippen LogP contribution in [0.5, 0.6) is 5.75 Å². The lowest BCUT2D eigenvalue weighted by molar-refractivity contribution is 0.378. The van der Waals surface area contributed by atoms with E-state index in [-0.39, 0.29) is 6.04 Å². The Morgan fingerprint density at radius 2 is 2.20 bits per heavy atom. The van der Waals surface area contributed by atoms with E-state index in [4.69, 9.17) is 10.6 Å². The summed E-state index contributed by atoms with van der Waals surface area (Å²) >= 11 is 0. The summed E-state index contributed by atoms with van der Waals surface area (Å²) in [6, 6.07) is 8.20. The van der Waals surface area contributed by atoms with E-state index in [0.29, 0.717) is 5.92 Å². The van der Waals surface area contributed by atoms with Gasteiger partial charge >= 0.3 is 0 Å². The van der Waals surface area contributed by atoms with Gasteiger partial charge < -0.3 is 4.74 Å². The maximum absolute atomic E-state index is 5.58. The molecular weight excluding hydrogens is 188 g/mol. The van der Waals surface area contributed by atoms with Crippen molar-refractivity contribution in [2.24, 2.45) is 11.8 Å². The van der Waals surface area contributed by atoms with Gasteiger partial charge in [-0.25, -0.2) is 0 Å². The molecule has 0 aliphatic heterocycles. The van der Waals surface area contributed by atoms with Crippen molar-refractivity contribution in [1.82, 2.24) is 5.43 Å². The van der Waals surface area contributed by atoms with Crippen LogP contribution in [-0.2, 0) is 0 Å². The van der Waals surface area contributed by atoms with Crippen molar-refractivity contribution in [3.8, 4) is 5.75 Å². The summed E-state index contributed by atoms with van der Waals surface area (Å²) < 4.78 is 5.19. The molecule has 1 aromatic carbocycles. The predicted molar refractivity (Wildman–Crippen MR) is 62.5 cm³/mol. The topological polar surface area (TPSA) is 47.3 Å². The molecule has 0 aliphatic rings. The maximum Gasteiger partial charge on any atom is 0.119 e. The maximum atomic E-state index is 5.58. The van der Waals surface area contributed by atoms with Gasteiger partial charge in [-0.3, -0.25) is 11.3 Å². The Kier molecular flexibility index (Phi) is 4.59. The molecule has 2 unspecified atom stereocenters. The summed E-state index contributed by atoms with van der Waals surface area (Å²) in [5.74, 6) is 6.96. The molecule has 84 valence electrons. The summed E-state index contributed by atoms with van der Waals surface area (Å²) in [6.45, 7) is 4.35. The molecule has 3 nitrogen and oxygen atoms in total. The molecule has 1 aromatic rings. The Morgan fingerprint density at radius 1 is 1.47 bits per heavy atom. The van der Waals surface area contributed by atoms with Gasteiger partial charge in [-0.15, -0.1) is 0 Å². The molecule has 3 N–H and O–H groups in total. The average Bonchev–Trinajstić information content (AvgIpc) is 2.30. The van der Waals surface area contributed by atoms with Crippen LogP contribution in [0.15, 0.2) is 24.3 Å². The first-order valence-electron chi connectivity index (χ1n) is 5.33. The summed E-state index contributed by atoms with van der Waals surface area (Å²) in [6.07, 6.45) is 1.09. The number of nitrogens with two attached hydrogens (primary N) is 1. The highest BCUT2D eigenvalue weighted by Gasteiger charge is 2.16. The third-order valence-electron chi connectivity index (χ3n) is 2.85. The number of ether oxygens (including phenoxy) is 1. The van der Waals surface area contributed by atoms with Gasteiger partial charge in [-0.05, 0) is 23.6 Å². The highest BCUT2D eigenvalue weighted by Crippen LogP contribution is 2.26. The zero-order chi connectivity index (χ0) is 11.3. The van der Waals surface area contributed by atoms with Crippen molar-refractivity contribution in [1.29, 1.82) is 0 Å². The summed E-state index contributed by atoms with van der Waals surface area (Å²) in [5, 5.41) is 0. The van der Waals surface area contributed by atoms with Gasteiger partial charge in [0.05, 0.1) is 7.11 Å². The molecule has 0 saturated heterocycles. The first kappa shape index (κ1) is 12.0. The molecule has 0 fully saturated rings. The Hall–Kier alpha value is -1.06. The van der Waals surface area contributed by atoms with Crippen molar-refractivity contribution in [2.75, 3.05) is 7.11 Å². The van der Waals surface area contributed by atoms with Gasteiger partial charge in [0, 0.05) is 6.04 Å². The average molecular weight is 208 g/mol. The predicted octanol–water partition coefficient (Wildman–Crippen LogP) is 2.25. The molecular formula is C12H20N2O. The third kappa shape index (κ3) is 2.94. The molecule has 3 heteroatoms. The van der Waals surface area contributed by atoms with Crippen molar-refractivity contribution < 1.29 is 4.74 Å². The van der Waals surface area contributed by atoms with Crippen LogP contribution in [0.25, 0.3) is 0 Å². The second-order valence-electron chi connectivity index (χ2n) is 3.81. The highest BCUT2D eigenvalue weighted by molar-refractivity contribution is 5.30. The van der Waals surface area contributed by atoms with Crippen LogP contribution in [0.2, 0.25) is 0 Å². The smallest absolute Gasteiger partial charge is 0.119 e. The minimum atomic E-state index is 0.185. The van der Waals surface area contributed by atoms with E-state index in [1.165, 1.54) is 5.56 Å². The van der Waals surface area contributed by atoms with E-state index < -0.39 is 0 Å². The second-order valence-corrected chi connectivity index (χ2v) is 3.81. The molecule has 0 aliphatic carbocycles. The number of rotatable bonds is 5.